The van der Waals surface area contributed by atoms with Crippen LogP contribution in [0.5, 0.6) is 5.88 Å². The molecule has 10 nitrogen and oxygen atoms in total. The number of piperidine rings is 1. The van der Waals surface area contributed by atoms with Gasteiger partial charge in [-0.15, -0.1) is 0 Å². The lowest BCUT2D eigenvalue weighted by molar-refractivity contribution is -0.176. The van der Waals surface area contributed by atoms with Crippen LogP contribution in [-0.2, 0) is 27.3 Å². The Balaban J connectivity index is 1.44. The van der Waals surface area contributed by atoms with Crippen LogP contribution in [0, 0.1) is 34.0 Å². The van der Waals surface area contributed by atoms with Gasteiger partial charge in [0.1, 0.15) is 18.1 Å². The molecule has 1 aliphatic carbocycles. The van der Waals surface area contributed by atoms with Crippen molar-refractivity contribution in [1.29, 1.82) is 5.26 Å². The summed E-state index contributed by atoms with van der Waals surface area (Å²) in [7, 11) is 0. The molecular formula is C27H37F3N6O4. The number of nitrogens with zero attached hydrogens (tertiary/aromatic N) is 4. The highest BCUT2D eigenvalue weighted by Crippen LogP contribution is 2.65. The first-order valence-electron chi connectivity index (χ1n) is 13.6. The van der Waals surface area contributed by atoms with E-state index < -0.39 is 47.4 Å². The van der Waals surface area contributed by atoms with Crippen molar-refractivity contribution < 1.29 is 32.3 Å². The molecule has 0 aromatic carbocycles. The molecule has 3 aliphatic rings. The van der Waals surface area contributed by atoms with Gasteiger partial charge < -0.3 is 20.3 Å². The minimum atomic E-state index is -5.15. The second-order valence-corrected chi connectivity index (χ2v) is 12.6. The van der Waals surface area contributed by atoms with Gasteiger partial charge in [-0.2, -0.15) is 23.5 Å². The Morgan fingerprint density at radius 2 is 1.95 bits per heavy atom. The van der Waals surface area contributed by atoms with E-state index in [-0.39, 0.29) is 23.8 Å². The van der Waals surface area contributed by atoms with E-state index in [1.165, 1.54) is 4.90 Å². The third kappa shape index (κ3) is 5.76. The number of alkyl halides is 3. The second kappa shape index (κ2) is 10.6. The van der Waals surface area contributed by atoms with Crippen molar-refractivity contribution in [3.8, 4) is 11.9 Å². The van der Waals surface area contributed by atoms with Crippen molar-refractivity contribution in [2.24, 2.45) is 22.7 Å². The SMILES string of the molecule is CC(C)(C)[C@H](NC(=O)C(F)(F)F)C(=O)N1C[C@H]2[C@@H]([C@H]1C(=O)NC(C#N)CCCc1cnn3c1OCCC3)C2(C)C. The van der Waals surface area contributed by atoms with Crippen LogP contribution in [0.25, 0.3) is 0 Å². The summed E-state index contributed by atoms with van der Waals surface area (Å²) < 4.78 is 46.6. The molecule has 0 spiro atoms. The monoisotopic (exact) mass is 566 g/mol. The summed E-state index contributed by atoms with van der Waals surface area (Å²) in [5, 5.41) is 18.7. The molecule has 2 fully saturated rings. The van der Waals surface area contributed by atoms with E-state index in [4.69, 9.17) is 4.74 Å². The molecule has 1 aromatic rings. The fraction of sp³-hybridized carbons (Fsp3) is 0.741. The molecule has 2 N–H and O–H groups in total. The molecule has 13 heteroatoms. The Morgan fingerprint density at radius 3 is 2.58 bits per heavy atom. The number of ether oxygens (including phenoxy) is 1. The number of amides is 3. The molecule has 220 valence electrons. The van der Waals surface area contributed by atoms with Crippen LogP contribution in [-0.4, -0.2) is 69.9 Å². The van der Waals surface area contributed by atoms with Crippen LogP contribution in [0.1, 0.15) is 59.4 Å². The average molecular weight is 567 g/mol. The van der Waals surface area contributed by atoms with Crippen molar-refractivity contribution in [2.75, 3.05) is 13.2 Å². The third-order valence-corrected chi connectivity index (χ3v) is 8.43. The Bertz CT molecular complexity index is 1200. The molecule has 1 saturated carbocycles. The number of aromatic nitrogens is 2. The molecule has 1 saturated heterocycles. The zero-order chi connectivity index (χ0) is 29.6. The smallest absolute Gasteiger partial charge is 0.471 e. The van der Waals surface area contributed by atoms with Crippen LogP contribution in [0.4, 0.5) is 13.2 Å². The number of carbonyl (C=O) groups is 3. The Hall–Kier alpha value is -3.30. The molecule has 4 rings (SSSR count). The number of halogens is 3. The van der Waals surface area contributed by atoms with E-state index in [2.05, 4.69) is 16.5 Å². The number of nitriles is 1. The maximum Gasteiger partial charge on any atom is 0.471 e. The van der Waals surface area contributed by atoms with Crippen LogP contribution in [0.2, 0.25) is 0 Å². The zero-order valence-electron chi connectivity index (χ0n) is 23.5. The van der Waals surface area contributed by atoms with Gasteiger partial charge in [0.05, 0.1) is 18.9 Å². The largest absolute Gasteiger partial charge is 0.478 e. The van der Waals surface area contributed by atoms with Crippen molar-refractivity contribution in [1.82, 2.24) is 25.3 Å². The molecule has 1 unspecified atom stereocenters. The number of fused-ring (bicyclic) bond motifs is 2. The summed E-state index contributed by atoms with van der Waals surface area (Å²) >= 11 is 0. The standard InChI is InChI=1S/C27H37F3N6O4/c1-25(2,3)20(34-24(39)27(28,29)30)22(38)35-14-17-18(26(17,4)5)19(35)21(37)33-16(12-31)9-6-8-15-13-32-36-10-7-11-40-23(15)36/h13,16-20H,6-11,14H2,1-5H3,(H,33,37)(H,34,39)/t16?,17-,18-,19-,20+/m0/s1. The van der Waals surface area contributed by atoms with Crippen molar-refractivity contribution in [3.05, 3.63) is 11.8 Å². The van der Waals surface area contributed by atoms with Crippen molar-refractivity contribution in [3.63, 3.8) is 0 Å². The lowest BCUT2D eigenvalue weighted by Gasteiger charge is -2.37. The summed E-state index contributed by atoms with van der Waals surface area (Å²) in [5.74, 6) is -2.95. The van der Waals surface area contributed by atoms with E-state index in [0.29, 0.717) is 25.9 Å². The molecule has 1 aromatic heterocycles. The number of hydrogen-bond acceptors (Lipinski definition) is 6. The van der Waals surface area contributed by atoms with Gasteiger partial charge in [0.25, 0.3) is 0 Å². The highest BCUT2D eigenvalue weighted by Gasteiger charge is 2.70. The molecule has 2 aliphatic heterocycles. The molecule has 5 atom stereocenters. The predicted molar refractivity (Wildman–Crippen MR) is 137 cm³/mol. The number of likely N-dealkylation sites (tertiary alicyclic amines) is 1. The average Bonchev–Trinajstić information content (AvgIpc) is 3.23. The first kappa shape index (κ1) is 29.7. The maximum atomic E-state index is 13.6. The predicted octanol–water partition coefficient (Wildman–Crippen LogP) is 2.57. The topological polar surface area (TPSA) is 129 Å². The van der Waals surface area contributed by atoms with Crippen LogP contribution >= 0.6 is 0 Å². The number of rotatable bonds is 8. The summed E-state index contributed by atoms with van der Waals surface area (Å²) in [6.45, 7) is 10.2. The molecule has 0 radical (unpaired) electrons. The van der Waals surface area contributed by atoms with Crippen LogP contribution in [0.15, 0.2) is 6.20 Å². The van der Waals surface area contributed by atoms with E-state index in [1.807, 2.05) is 23.8 Å². The lowest BCUT2D eigenvalue weighted by Crippen LogP contribution is -2.61. The minimum absolute atomic E-state index is 0.0137. The lowest BCUT2D eigenvalue weighted by atomic mass is 9.85. The number of nitrogens with one attached hydrogen (secondary N) is 2. The van der Waals surface area contributed by atoms with Gasteiger partial charge in [-0.3, -0.25) is 14.4 Å². The van der Waals surface area contributed by atoms with Gasteiger partial charge in [-0.05, 0) is 41.9 Å². The van der Waals surface area contributed by atoms with E-state index in [9.17, 15) is 32.8 Å². The summed E-state index contributed by atoms with van der Waals surface area (Å²) in [6.07, 6.45) is -0.958. The van der Waals surface area contributed by atoms with E-state index in [0.717, 1.165) is 24.4 Å². The van der Waals surface area contributed by atoms with Crippen LogP contribution in [0.3, 0.4) is 0 Å². The van der Waals surface area contributed by atoms with Gasteiger partial charge in [-0.25, -0.2) is 4.68 Å². The molecule has 3 heterocycles. The number of aryl methyl sites for hydroxylation is 2. The quantitative estimate of drug-likeness (QED) is 0.498. The van der Waals surface area contributed by atoms with Crippen molar-refractivity contribution in [2.45, 2.75) is 91.1 Å². The van der Waals surface area contributed by atoms with Crippen molar-refractivity contribution >= 4 is 17.7 Å². The maximum absolute atomic E-state index is 13.6. The Labute approximate surface area is 231 Å². The highest BCUT2D eigenvalue weighted by atomic mass is 19.4. The minimum Gasteiger partial charge on any atom is -0.478 e. The van der Waals surface area contributed by atoms with Gasteiger partial charge >= 0.3 is 12.1 Å². The summed E-state index contributed by atoms with van der Waals surface area (Å²) in [6, 6.07) is -1.15. The van der Waals surface area contributed by atoms with Gasteiger partial charge in [0.2, 0.25) is 17.7 Å². The zero-order valence-corrected chi connectivity index (χ0v) is 23.5. The Kier molecular flexibility index (Phi) is 7.86. The molecule has 40 heavy (non-hydrogen) atoms. The van der Waals surface area contributed by atoms with Gasteiger partial charge in [0, 0.05) is 25.1 Å². The Morgan fingerprint density at radius 1 is 1.25 bits per heavy atom. The third-order valence-electron chi connectivity index (χ3n) is 8.43. The number of hydrogen-bond donors (Lipinski definition) is 2. The second-order valence-electron chi connectivity index (χ2n) is 12.6. The molecule has 0 bridgehead atoms. The fourth-order valence-electron chi connectivity index (χ4n) is 6.06. The first-order chi connectivity index (χ1) is 18.6. The summed E-state index contributed by atoms with van der Waals surface area (Å²) in [4.78, 5) is 40.2. The van der Waals surface area contributed by atoms with Gasteiger partial charge in [-0.1, -0.05) is 34.6 Å². The normalized spacial score (nSPS) is 24.6. The van der Waals surface area contributed by atoms with E-state index in [1.54, 1.807) is 27.0 Å². The van der Waals surface area contributed by atoms with Gasteiger partial charge in [0.15, 0.2) is 0 Å². The van der Waals surface area contributed by atoms with E-state index >= 15 is 0 Å². The molecule has 3 amide bonds. The van der Waals surface area contributed by atoms with Crippen LogP contribution < -0.4 is 15.4 Å². The first-order valence-corrected chi connectivity index (χ1v) is 13.6. The highest BCUT2D eigenvalue weighted by molar-refractivity contribution is 5.95. The molecular weight excluding hydrogens is 529 g/mol. The fourth-order valence-corrected chi connectivity index (χ4v) is 6.06. The number of carbonyl (C=O) groups excluding carboxylic acids is 3. The summed E-state index contributed by atoms with van der Waals surface area (Å²) in [5.41, 5.74) is -0.352.